The van der Waals surface area contributed by atoms with Crippen LogP contribution in [0.5, 0.6) is 0 Å². The van der Waals surface area contributed by atoms with Crippen molar-refractivity contribution in [1.82, 2.24) is 0 Å². The van der Waals surface area contributed by atoms with E-state index in [4.69, 9.17) is 10.2 Å². The Bertz CT molecular complexity index is 365. The second-order valence-corrected chi connectivity index (χ2v) is 3.42. The van der Waals surface area contributed by atoms with Gasteiger partial charge in [0.05, 0.1) is 0 Å². The van der Waals surface area contributed by atoms with Crippen LogP contribution in [0.15, 0.2) is 36.5 Å². The maximum atomic E-state index is 11.1. The molecule has 0 radical (unpaired) electrons. The van der Waals surface area contributed by atoms with Gasteiger partial charge in [0.1, 0.15) is 5.41 Å². The van der Waals surface area contributed by atoms with Gasteiger partial charge < -0.3 is 10.2 Å². The Morgan fingerprint density at radius 1 is 1.53 bits per heavy atom. The summed E-state index contributed by atoms with van der Waals surface area (Å²) < 4.78 is 0. The Morgan fingerprint density at radius 3 is 2.67 bits per heavy atom. The zero-order valence-corrected chi connectivity index (χ0v) is 8.14. The fourth-order valence-corrected chi connectivity index (χ4v) is 1.55. The summed E-state index contributed by atoms with van der Waals surface area (Å²) in [5.74, 6) is -2.13. The number of allylic oxidation sites excluding steroid dienone is 2. The molecule has 2 N–H and O–H groups in total. The monoisotopic (exact) mass is 208 g/mol. The summed E-state index contributed by atoms with van der Waals surface area (Å²) in [5.41, 5.74) is -1.13. The third-order valence-corrected chi connectivity index (χ3v) is 2.34. The summed E-state index contributed by atoms with van der Waals surface area (Å²) in [6.45, 7) is 3.48. The van der Waals surface area contributed by atoms with E-state index in [0.29, 0.717) is 0 Å². The highest BCUT2D eigenvalue weighted by Gasteiger charge is 2.35. The lowest BCUT2D eigenvalue weighted by Gasteiger charge is -2.24. The summed E-state index contributed by atoms with van der Waals surface area (Å²) in [5, 5.41) is 17.9. The summed E-state index contributed by atoms with van der Waals surface area (Å²) in [4.78, 5) is 21.8. The molecule has 15 heavy (non-hydrogen) atoms. The molecule has 4 heteroatoms. The lowest BCUT2D eigenvalue weighted by Crippen LogP contribution is -2.29. The van der Waals surface area contributed by atoms with E-state index in [2.05, 4.69) is 6.58 Å². The Morgan fingerprint density at radius 2 is 2.20 bits per heavy atom. The fraction of sp³-hybridized carbons (Fsp3) is 0.273. The number of rotatable bonds is 4. The zero-order valence-electron chi connectivity index (χ0n) is 8.14. The van der Waals surface area contributed by atoms with Crippen molar-refractivity contribution in [2.45, 2.75) is 12.8 Å². The van der Waals surface area contributed by atoms with E-state index in [9.17, 15) is 9.59 Å². The number of hydrogen-bond donors (Lipinski definition) is 2. The van der Waals surface area contributed by atoms with Crippen molar-refractivity contribution in [1.29, 1.82) is 0 Å². The van der Waals surface area contributed by atoms with Crippen LogP contribution in [-0.4, -0.2) is 22.2 Å². The van der Waals surface area contributed by atoms with Crippen LogP contribution in [-0.2, 0) is 9.59 Å². The largest absolute Gasteiger partial charge is 0.480 e. The smallest absolute Gasteiger partial charge is 0.331 e. The van der Waals surface area contributed by atoms with Crippen LogP contribution < -0.4 is 0 Å². The molecule has 0 aromatic carbocycles. The predicted octanol–water partition coefficient (Wildman–Crippen LogP) is 1.60. The molecule has 0 fully saturated rings. The van der Waals surface area contributed by atoms with Crippen molar-refractivity contribution in [3.8, 4) is 0 Å². The second-order valence-electron chi connectivity index (χ2n) is 3.42. The van der Waals surface area contributed by atoms with Gasteiger partial charge in [-0.2, -0.15) is 0 Å². The molecule has 1 aliphatic rings. The first-order valence-corrected chi connectivity index (χ1v) is 4.49. The van der Waals surface area contributed by atoms with Crippen LogP contribution in [0.25, 0.3) is 0 Å². The van der Waals surface area contributed by atoms with Gasteiger partial charge in [0.15, 0.2) is 0 Å². The molecule has 0 spiro atoms. The van der Waals surface area contributed by atoms with E-state index < -0.39 is 17.4 Å². The van der Waals surface area contributed by atoms with E-state index in [1.165, 1.54) is 18.2 Å². The van der Waals surface area contributed by atoms with Crippen LogP contribution in [0, 0.1) is 5.41 Å². The van der Waals surface area contributed by atoms with Gasteiger partial charge in [-0.05, 0) is 12.8 Å². The zero-order chi connectivity index (χ0) is 11.5. The Hall–Kier alpha value is -1.84. The van der Waals surface area contributed by atoms with Crippen molar-refractivity contribution < 1.29 is 19.8 Å². The molecule has 0 aromatic rings. The second kappa shape index (κ2) is 4.13. The van der Waals surface area contributed by atoms with Gasteiger partial charge in [0, 0.05) is 5.57 Å². The molecular formula is C11H12O4. The first-order valence-electron chi connectivity index (χ1n) is 4.49. The summed E-state index contributed by atoms with van der Waals surface area (Å²) in [6, 6.07) is 0. The quantitative estimate of drug-likeness (QED) is 0.688. The summed E-state index contributed by atoms with van der Waals surface area (Å²) in [6.07, 6.45) is 6.31. The molecule has 0 aliphatic heterocycles. The first kappa shape index (κ1) is 11.2. The average molecular weight is 208 g/mol. The first-order chi connectivity index (χ1) is 7.02. The van der Waals surface area contributed by atoms with Crippen molar-refractivity contribution in [3.63, 3.8) is 0 Å². The molecule has 0 amide bonds. The molecule has 0 bridgehead atoms. The molecule has 1 aliphatic carbocycles. The van der Waals surface area contributed by atoms with E-state index in [1.807, 2.05) is 0 Å². The third-order valence-electron chi connectivity index (χ3n) is 2.34. The standard InChI is InChI=1S/C11H12O4/c1-2-5-11(10(14)15)6-3-4-8(7-11)9(12)13/h2-3,6-7H,1,4-5H2,(H,12,13)(H,14,15). The summed E-state index contributed by atoms with van der Waals surface area (Å²) >= 11 is 0. The van der Waals surface area contributed by atoms with Crippen molar-refractivity contribution in [2.24, 2.45) is 5.41 Å². The van der Waals surface area contributed by atoms with Gasteiger partial charge >= 0.3 is 11.9 Å². The van der Waals surface area contributed by atoms with Crippen molar-refractivity contribution >= 4 is 11.9 Å². The Balaban J connectivity index is 3.13. The van der Waals surface area contributed by atoms with E-state index >= 15 is 0 Å². The molecule has 0 aromatic heterocycles. The van der Waals surface area contributed by atoms with Crippen LogP contribution in [0.4, 0.5) is 0 Å². The Labute approximate surface area is 87.2 Å². The maximum absolute atomic E-state index is 11.1. The topological polar surface area (TPSA) is 74.6 Å². The number of carboxylic acids is 2. The van der Waals surface area contributed by atoms with Gasteiger partial charge in [-0.1, -0.05) is 24.3 Å². The average Bonchev–Trinajstić information content (AvgIpc) is 2.18. The number of carboxylic acid groups (broad SMARTS) is 2. The van der Waals surface area contributed by atoms with Gasteiger partial charge in [-0.25, -0.2) is 4.79 Å². The highest BCUT2D eigenvalue weighted by molar-refractivity contribution is 5.90. The third kappa shape index (κ3) is 2.15. The molecule has 1 atom stereocenters. The molecule has 1 unspecified atom stereocenters. The minimum absolute atomic E-state index is 0.113. The Kier molecular flexibility index (Phi) is 3.09. The minimum Gasteiger partial charge on any atom is -0.480 e. The van der Waals surface area contributed by atoms with E-state index in [0.717, 1.165) is 0 Å². The lowest BCUT2D eigenvalue weighted by atomic mass is 9.79. The maximum Gasteiger partial charge on any atom is 0.331 e. The van der Waals surface area contributed by atoms with Gasteiger partial charge in [-0.3, -0.25) is 4.79 Å². The molecule has 4 nitrogen and oxygen atoms in total. The predicted molar refractivity (Wildman–Crippen MR) is 54.4 cm³/mol. The van der Waals surface area contributed by atoms with Crippen LogP contribution >= 0.6 is 0 Å². The minimum atomic E-state index is -1.24. The fourth-order valence-electron chi connectivity index (χ4n) is 1.55. The number of hydrogen-bond acceptors (Lipinski definition) is 2. The SMILES string of the molecule is C=CCC1(C(=O)O)C=CCC(C(=O)O)=C1. The van der Waals surface area contributed by atoms with Gasteiger partial charge in [-0.15, -0.1) is 6.58 Å². The lowest BCUT2D eigenvalue weighted by molar-refractivity contribution is -0.143. The molecule has 0 saturated carbocycles. The normalized spacial score (nSPS) is 24.4. The van der Waals surface area contributed by atoms with Gasteiger partial charge in [0.2, 0.25) is 0 Å². The molecule has 0 heterocycles. The highest BCUT2D eigenvalue weighted by Crippen LogP contribution is 2.33. The molecular weight excluding hydrogens is 196 g/mol. The number of carbonyl (C=O) groups is 2. The van der Waals surface area contributed by atoms with Crippen LogP contribution in [0.3, 0.4) is 0 Å². The summed E-state index contributed by atoms with van der Waals surface area (Å²) in [7, 11) is 0. The van der Waals surface area contributed by atoms with Crippen molar-refractivity contribution in [3.05, 3.63) is 36.5 Å². The molecule has 0 saturated heterocycles. The van der Waals surface area contributed by atoms with Gasteiger partial charge in [0.25, 0.3) is 0 Å². The molecule has 1 rings (SSSR count). The highest BCUT2D eigenvalue weighted by atomic mass is 16.4. The van der Waals surface area contributed by atoms with E-state index in [-0.39, 0.29) is 18.4 Å². The van der Waals surface area contributed by atoms with Crippen molar-refractivity contribution in [2.75, 3.05) is 0 Å². The van der Waals surface area contributed by atoms with Crippen LogP contribution in [0.1, 0.15) is 12.8 Å². The number of aliphatic carboxylic acids is 2. The molecule has 80 valence electrons. The van der Waals surface area contributed by atoms with Crippen LogP contribution in [0.2, 0.25) is 0 Å². The van der Waals surface area contributed by atoms with E-state index in [1.54, 1.807) is 6.08 Å².